The molecular formula is C23H20N4O2S. The van der Waals surface area contributed by atoms with Gasteiger partial charge in [0.15, 0.2) is 17.3 Å². The third kappa shape index (κ3) is 3.06. The average molecular weight is 417 g/mol. The van der Waals surface area contributed by atoms with Crippen molar-refractivity contribution in [1.29, 1.82) is 0 Å². The summed E-state index contributed by atoms with van der Waals surface area (Å²) in [6.07, 6.45) is 6.49. The third-order valence-electron chi connectivity index (χ3n) is 5.61. The Morgan fingerprint density at radius 3 is 2.87 bits per heavy atom. The van der Waals surface area contributed by atoms with E-state index in [9.17, 15) is 0 Å². The maximum absolute atomic E-state index is 5.52. The van der Waals surface area contributed by atoms with E-state index >= 15 is 0 Å². The van der Waals surface area contributed by atoms with Crippen molar-refractivity contribution in [3.63, 3.8) is 0 Å². The summed E-state index contributed by atoms with van der Waals surface area (Å²) in [6, 6.07) is 11.9. The Labute approximate surface area is 177 Å². The zero-order valence-electron chi connectivity index (χ0n) is 16.4. The van der Waals surface area contributed by atoms with Crippen LogP contribution in [0, 0.1) is 0 Å². The summed E-state index contributed by atoms with van der Waals surface area (Å²) in [4.78, 5) is 16.7. The molecule has 3 aromatic heterocycles. The average Bonchev–Trinajstić information content (AvgIpc) is 3.41. The van der Waals surface area contributed by atoms with Gasteiger partial charge in [0.2, 0.25) is 6.79 Å². The van der Waals surface area contributed by atoms with Gasteiger partial charge in [0.25, 0.3) is 0 Å². The lowest BCUT2D eigenvalue weighted by Crippen LogP contribution is -2.06. The second kappa shape index (κ2) is 7.25. The van der Waals surface area contributed by atoms with Crippen molar-refractivity contribution in [3.8, 4) is 23.0 Å². The molecule has 0 saturated carbocycles. The van der Waals surface area contributed by atoms with Crippen LogP contribution >= 0.6 is 11.3 Å². The SMILES string of the molecule is c1ccc(-c2nc(NCc3ccc4c(c3)OCO4)c3c4c(sc3n2)CCCC4)nc1. The van der Waals surface area contributed by atoms with E-state index in [0.29, 0.717) is 12.4 Å². The molecule has 150 valence electrons. The molecule has 1 aromatic carbocycles. The summed E-state index contributed by atoms with van der Waals surface area (Å²) in [5, 5.41) is 4.75. The largest absolute Gasteiger partial charge is 0.454 e. The van der Waals surface area contributed by atoms with Gasteiger partial charge in [-0.15, -0.1) is 11.3 Å². The van der Waals surface area contributed by atoms with Crippen LogP contribution in [0.2, 0.25) is 0 Å². The van der Waals surface area contributed by atoms with Gasteiger partial charge in [-0.3, -0.25) is 4.98 Å². The van der Waals surface area contributed by atoms with Crippen molar-refractivity contribution in [2.75, 3.05) is 12.1 Å². The normalized spacial score (nSPS) is 14.7. The van der Waals surface area contributed by atoms with E-state index < -0.39 is 0 Å². The maximum Gasteiger partial charge on any atom is 0.231 e. The standard InChI is InChI=1S/C23H20N4O2S/c1-2-7-19-15(5-1)20-22(25-12-14-8-9-17-18(11-14)29-13-28-17)26-21(27-23(20)30-19)16-6-3-4-10-24-16/h3-4,6,8-11H,1-2,5,7,12-13H2,(H,25,26,27). The number of nitrogens with one attached hydrogen (secondary N) is 1. The maximum atomic E-state index is 5.52. The molecule has 7 heteroatoms. The second-order valence-electron chi connectivity index (χ2n) is 7.54. The third-order valence-corrected chi connectivity index (χ3v) is 6.79. The Morgan fingerprint density at radius 1 is 1.00 bits per heavy atom. The lowest BCUT2D eigenvalue weighted by molar-refractivity contribution is 0.174. The van der Waals surface area contributed by atoms with Gasteiger partial charge in [-0.05, 0) is 61.1 Å². The van der Waals surface area contributed by atoms with Gasteiger partial charge >= 0.3 is 0 Å². The fraction of sp³-hybridized carbons (Fsp3) is 0.261. The molecule has 4 heterocycles. The first-order valence-electron chi connectivity index (χ1n) is 10.2. The van der Waals surface area contributed by atoms with Crippen LogP contribution in [0.25, 0.3) is 21.7 Å². The Balaban J connectivity index is 1.41. The molecule has 2 aliphatic rings. The summed E-state index contributed by atoms with van der Waals surface area (Å²) < 4.78 is 10.9. The van der Waals surface area contributed by atoms with Crippen LogP contribution in [0.15, 0.2) is 42.6 Å². The Bertz CT molecular complexity index is 1240. The second-order valence-corrected chi connectivity index (χ2v) is 8.63. The molecular weight excluding hydrogens is 396 g/mol. The predicted molar refractivity (Wildman–Crippen MR) is 117 cm³/mol. The quantitative estimate of drug-likeness (QED) is 0.506. The summed E-state index contributed by atoms with van der Waals surface area (Å²) in [5.41, 5.74) is 3.33. The molecule has 0 radical (unpaired) electrons. The number of nitrogens with zero attached hydrogens (tertiary/aromatic N) is 3. The zero-order valence-corrected chi connectivity index (χ0v) is 17.2. The number of fused-ring (bicyclic) bond motifs is 4. The molecule has 6 rings (SSSR count). The lowest BCUT2D eigenvalue weighted by atomic mass is 9.97. The molecule has 0 unspecified atom stereocenters. The van der Waals surface area contributed by atoms with Crippen LogP contribution in [0.1, 0.15) is 28.8 Å². The monoisotopic (exact) mass is 416 g/mol. The summed E-state index contributed by atoms with van der Waals surface area (Å²) >= 11 is 1.81. The number of hydrogen-bond donors (Lipinski definition) is 1. The van der Waals surface area contributed by atoms with Crippen LogP contribution in [-0.2, 0) is 19.4 Å². The molecule has 0 bridgehead atoms. The number of ether oxygens (including phenoxy) is 2. The van der Waals surface area contributed by atoms with E-state index in [-0.39, 0.29) is 6.79 Å². The minimum Gasteiger partial charge on any atom is -0.454 e. The van der Waals surface area contributed by atoms with Gasteiger partial charge in [-0.25, -0.2) is 9.97 Å². The molecule has 1 N–H and O–H groups in total. The summed E-state index contributed by atoms with van der Waals surface area (Å²) in [5.74, 6) is 3.14. The molecule has 1 aliphatic heterocycles. The predicted octanol–water partition coefficient (Wildman–Crippen LogP) is 4.97. The number of benzene rings is 1. The van der Waals surface area contributed by atoms with E-state index in [1.807, 2.05) is 30.3 Å². The fourth-order valence-corrected chi connectivity index (χ4v) is 5.39. The number of anilines is 1. The fourth-order valence-electron chi connectivity index (χ4n) is 4.13. The highest BCUT2D eigenvalue weighted by Gasteiger charge is 2.22. The van der Waals surface area contributed by atoms with Gasteiger partial charge in [0.1, 0.15) is 16.3 Å². The van der Waals surface area contributed by atoms with Crippen molar-refractivity contribution in [1.82, 2.24) is 15.0 Å². The Hall–Kier alpha value is -3.19. The van der Waals surface area contributed by atoms with Crippen LogP contribution in [-0.4, -0.2) is 21.7 Å². The number of thiophene rings is 1. The summed E-state index contributed by atoms with van der Waals surface area (Å²) in [6.45, 7) is 0.933. The van der Waals surface area contributed by atoms with Crippen LogP contribution in [0.3, 0.4) is 0 Å². The van der Waals surface area contributed by atoms with Gasteiger partial charge in [0, 0.05) is 17.6 Å². The van der Waals surface area contributed by atoms with E-state index in [0.717, 1.165) is 46.2 Å². The van der Waals surface area contributed by atoms with Crippen molar-refractivity contribution in [3.05, 3.63) is 58.6 Å². The van der Waals surface area contributed by atoms with E-state index in [1.165, 1.54) is 28.7 Å². The first kappa shape index (κ1) is 17.7. The Morgan fingerprint density at radius 2 is 1.93 bits per heavy atom. The number of pyridine rings is 1. The topological polar surface area (TPSA) is 69.2 Å². The van der Waals surface area contributed by atoms with E-state index in [4.69, 9.17) is 19.4 Å². The van der Waals surface area contributed by atoms with Crippen LogP contribution in [0.4, 0.5) is 5.82 Å². The number of rotatable bonds is 4. The number of hydrogen-bond acceptors (Lipinski definition) is 7. The van der Waals surface area contributed by atoms with Crippen molar-refractivity contribution in [2.45, 2.75) is 32.2 Å². The molecule has 0 saturated heterocycles. The minimum atomic E-state index is 0.285. The zero-order chi connectivity index (χ0) is 19.9. The van der Waals surface area contributed by atoms with Crippen molar-refractivity contribution < 1.29 is 9.47 Å². The number of aromatic nitrogens is 3. The van der Waals surface area contributed by atoms with E-state index in [2.05, 4.69) is 16.4 Å². The molecule has 30 heavy (non-hydrogen) atoms. The molecule has 6 nitrogen and oxygen atoms in total. The first-order valence-corrected chi connectivity index (χ1v) is 11.0. The molecule has 4 aromatic rings. The smallest absolute Gasteiger partial charge is 0.231 e. The van der Waals surface area contributed by atoms with Gasteiger partial charge in [-0.1, -0.05) is 12.1 Å². The minimum absolute atomic E-state index is 0.285. The highest BCUT2D eigenvalue weighted by atomic mass is 32.1. The lowest BCUT2D eigenvalue weighted by Gasteiger charge is -2.13. The van der Waals surface area contributed by atoms with Crippen molar-refractivity contribution >= 4 is 27.4 Å². The highest BCUT2D eigenvalue weighted by Crippen LogP contribution is 2.40. The van der Waals surface area contributed by atoms with Gasteiger partial charge in [0.05, 0.1) is 5.39 Å². The first-order chi connectivity index (χ1) is 14.8. The molecule has 1 aliphatic carbocycles. The molecule has 0 fully saturated rings. The molecule has 0 spiro atoms. The van der Waals surface area contributed by atoms with Crippen LogP contribution < -0.4 is 14.8 Å². The molecule has 0 atom stereocenters. The van der Waals surface area contributed by atoms with Gasteiger partial charge in [-0.2, -0.15) is 0 Å². The van der Waals surface area contributed by atoms with E-state index in [1.54, 1.807) is 17.5 Å². The Kier molecular flexibility index (Phi) is 4.27. The van der Waals surface area contributed by atoms with Crippen LogP contribution in [0.5, 0.6) is 11.5 Å². The highest BCUT2D eigenvalue weighted by molar-refractivity contribution is 7.19. The van der Waals surface area contributed by atoms with Crippen molar-refractivity contribution in [2.24, 2.45) is 0 Å². The van der Waals surface area contributed by atoms with Gasteiger partial charge < -0.3 is 14.8 Å². The number of aryl methyl sites for hydroxylation is 2. The summed E-state index contributed by atoms with van der Waals surface area (Å²) in [7, 11) is 0. The molecule has 0 amide bonds.